The quantitative estimate of drug-likeness (QED) is 0.166. The van der Waals surface area contributed by atoms with Crippen molar-refractivity contribution in [1.29, 1.82) is 0 Å². The molecule has 0 saturated carbocycles. The van der Waals surface area contributed by atoms with Crippen molar-refractivity contribution >= 4 is 17.4 Å². The van der Waals surface area contributed by atoms with E-state index in [-0.39, 0.29) is 17.1 Å². The van der Waals surface area contributed by atoms with Crippen LogP contribution >= 0.6 is 0 Å². The Kier molecular flexibility index (Phi) is 11.1. The Balaban J connectivity index is 1.09. The maximum absolute atomic E-state index is 13.7. The molecule has 0 bridgehead atoms. The molecule has 5 aromatic rings. The Morgan fingerprint density at radius 1 is 0.887 bits per heavy atom. The largest absolute Gasteiger partial charge is 0.493 e. The number of hydrogen-bond donors (Lipinski definition) is 2. The first-order valence-corrected chi connectivity index (χ1v) is 17.8. The van der Waals surface area contributed by atoms with Gasteiger partial charge >= 0.3 is 0 Å². The molecule has 0 aliphatic carbocycles. The van der Waals surface area contributed by atoms with Crippen molar-refractivity contribution in [2.24, 2.45) is 5.92 Å². The molecule has 2 fully saturated rings. The number of nitrogens with two attached hydrogens (primary N) is 1. The van der Waals surface area contributed by atoms with E-state index in [0.717, 1.165) is 40.7 Å². The molecule has 1 unspecified atom stereocenters. The summed E-state index contributed by atoms with van der Waals surface area (Å²) in [7, 11) is 1.60. The van der Waals surface area contributed by atoms with Crippen LogP contribution in [0.1, 0.15) is 28.8 Å². The van der Waals surface area contributed by atoms with Gasteiger partial charge in [0.25, 0.3) is 5.91 Å². The fourth-order valence-electron chi connectivity index (χ4n) is 6.51. The predicted octanol–water partition coefficient (Wildman–Crippen LogP) is 6.01. The van der Waals surface area contributed by atoms with Crippen LogP contribution in [0.2, 0.25) is 0 Å². The zero-order chi connectivity index (χ0) is 36.7. The summed E-state index contributed by atoms with van der Waals surface area (Å²) in [5.74, 6) is 1.42. The predicted molar refractivity (Wildman–Crippen MR) is 202 cm³/mol. The fraction of sp³-hybridized carbons (Fsp3) is 0.317. The van der Waals surface area contributed by atoms with Crippen molar-refractivity contribution in [3.63, 3.8) is 0 Å². The van der Waals surface area contributed by atoms with E-state index in [2.05, 4.69) is 15.3 Å². The molecule has 2 saturated heterocycles. The van der Waals surface area contributed by atoms with Gasteiger partial charge in [-0.05, 0) is 78.8 Å². The first kappa shape index (κ1) is 35.8. The maximum atomic E-state index is 13.7. The van der Waals surface area contributed by atoms with Crippen LogP contribution in [0, 0.1) is 12.8 Å². The highest BCUT2D eigenvalue weighted by molar-refractivity contribution is 6.04. The minimum atomic E-state index is -0.499. The monoisotopic (exact) mass is 717 g/mol. The lowest BCUT2D eigenvalue weighted by molar-refractivity contribution is -0.101. The summed E-state index contributed by atoms with van der Waals surface area (Å²) in [4.78, 5) is 36.4. The molecule has 1 atom stereocenters. The number of ether oxygens (including phenoxy) is 5. The van der Waals surface area contributed by atoms with Crippen molar-refractivity contribution in [2.75, 3.05) is 57.8 Å². The molecule has 5 heterocycles. The van der Waals surface area contributed by atoms with Crippen LogP contribution in [-0.4, -0.2) is 73.3 Å². The standard InChI is InChI=1S/C41H43N5O7/c1-26-3-9-36(43-19-26)34-22-46(21-27-11-13-50-14-12-27)23-35(39(34)47)41(48)45-31-7-4-28(5-8-31)33-17-30(20-44-40(33)42)29-6-10-37(38(18-29)49-2)53-25-32-24-51-15-16-52-32/h3-10,17-20,22-23,27,32H,11-16,21,24-25H2,1-2H3,(H2,42,44)(H,45,48). The number of rotatable bonds is 11. The molecule has 1 amide bonds. The molecule has 3 aromatic heterocycles. The number of aromatic nitrogens is 3. The maximum Gasteiger partial charge on any atom is 0.261 e. The average molecular weight is 718 g/mol. The van der Waals surface area contributed by atoms with Crippen LogP contribution in [-0.2, 0) is 20.8 Å². The van der Waals surface area contributed by atoms with Gasteiger partial charge in [-0.2, -0.15) is 0 Å². The molecule has 0 spiro atoms. The summed E-state index contributed by atoms with van der Waals surface area (Å²) in [6, 6.07) is 18.6. The summed E-state index contributed by atoms with van der Waals surface area (Å²) >= 11 is 0. The van der Waals surface area contributed by atoms with E-state index < -0.39 is 5.91 Å². The number of nitrogen functional groups attached to an aromatic ring is 1. The van der Waals surface area contributed by atoms with Gasteiger partial charge in [0.2, 0.25) is 5.43 Å². The van der Waals surface area contributed by atoms with Gasteiger partial charge in [-0.1, -0.05) is 24.3 Å². The van der Waals surface area contributed by atoms with Crippen molar-refractivity contribution < 1.29 is 28.5 Å². The zero-order valence-corrected chi connectivity index (χ0v) is 29.9. The van der Waals surface area contributed by atoms with Crippen LogP contribution in [0.15, 0.2) is 90.2 Å². The minimum Gasteiger partial charge on any atom is -0.493 e. The topological polar surface area (TPSA) is 149 Å². The highest BCUT2D eigenvalue weighted by Crippen LogP contribution is 2.35. The number of benzene rings is 2. The third-order valence-corrected chi connectivity index (χ3v) is 9.50. The van der Waals surface area contributed by atoms with Gasteiger partial charge in [-0.3, -0.25) is 14.6 Å². The second kappa shape index (κ2) is 16.4. The first-order valence-electron chi connectivity index (χ1n) is 17.8. The summed E-state index contributed by atoms with van der Waals surface area (Å²) in [6.07, 6.45) is 8.59. The van der Waals surface area contributed by atoms with Gasteiger partial charge in [0.05, 0.1) is 38.2 Å². The van der Waals surface area contributed by atoms with Crippen LogP contribution in [0.4, 0.5) is 11.5 Å². The van der Waals surface area contributed by atoms with Crippen molar-refractivity contribution in [3.8, 4) is 45.0 Å². The third-order valence-electron chi connectivity index (χ3n) is 9.50. The van der Waals surface area contributed by atoms with Gasteiger partial charge in [-0.15, -0.1) is 0 Å². The number of methoxy groups -OCH3 is 1. The van der Waals surface area contributed by atoms with Crippen molar-refractivity contribution in [3.05, 3.63) is 107 Å². The first-order chi connectivity index (χ1) is 25.8. The third kappa shape index (κ3) is 8.57. The Morgan fingerprint density at radius 3 is 2.43 bits per heavy atom. The molecule has 53 heavy (non-hydrogen) atoms. The molecular formula is C41H43N5O7. The van der Waals surface area contributed by atoms with Gasteiger partial charge in [0.15, 0.2) is 11.5 Å². The average Bonchev–Trinajstić information content (AvgIpc) is 3.19. The lowest BCUT2D eigenvalue weighted by atomic mass is 10.00. The molecule has 12 heteroatoms. The van der Waals surface area contributed by atoms with E-state index in [4.69, 9.17) is 29.4 Å². The number of nitrogens with one attached hydrogen (secondary N) is 1. The number of hydrogen-bond acceptors (Lipinski definition) is 10. The summed E-state index contributed by atoms with van der Waals surface area (Å²) in [6.45, 7) is 6.01. The summed E-state index contributed by atoms with van der Waals surface area (Å²) in [5, 5.41) is 2.92. The van der Waals surface area contributed by atoms with Crippen LogP contribution in [0.3, 0.4) is 0 Å². The van der Waals surface area contributed by atoms with Gasteiger partial charge < -0.3 is 39.3 Å². The summed E-state index contributed by atoms with van der Waals surface area (Å²) in [5.41, 5.74) is 11.7. The van der Waals surface area contributed by atoms with E-state index in [1.54, 1.807) is 44.0 Å². The number of carbonyl (C=O) groups is 1. The number of anilines is 2. The molecule has 7 rings (SSSR count). The van der Waals surface area contributed by atoms with E-state index in [1.807, 2.05) is 60.0 Å². The second-order valence-electron chi connectivity index (χ2n) is 13.3. The van der Waals surface area contributed by atoms with E-state index in [1.165, 1.54) is 0 Å². The molecular weight excluding hydrogens is 674 g/mol. The molecule has 12 nitrogen and oxygen atoms in total. The Bertz CT molecular complexity index is 2110. The number of pyridine rings is 3. The second-order valence-corrected chi connectivity index (χ2v) is 13.3. The normalized spacial score (nSPS) is 16.2. The van der Waals surface area contributed by atoms with Crippen molar-refractivity contribution in [2.45, 2.75) is 32.4 Å². The summed E-state index contributed by atoms with van der Waals surface area (Å²) < 4.78 is 30.2. The molecule has 274 valence electrons. The van der Waals surface area contributed by atoms with Gasteiger partial charge in [-0.25, -0.2) is 4.98 Å². The fourth-order valence-corrected chi connectivity index (χ4v) is 6.51. The molecule has 3 N–H and O–H groups in total. The SMILES string of the molecule is COc1cc(-c2cnc(N)c(-c3ccc(NC(=O)c4cn(CC5CCOCC5)cc(-c5ccc(C)cn5)c4=O)cc3)c2)ccc1OCC1COCCO1. The van der Waals surface area contributed by atoms with Gasteiger partial charge in [0, 0.05) is 61.4 Å². The minimum absolute atomic E-state index is 0.0466. The highest BCUT2D eigenvalue weighted by Gasteiger charge is 2.21. The Morgan fingerprint density at radius 2 is 1.70 bits per heavy atom. The Hall–Kier alpha value is -5.56. The Labute approximate surface area is 307 Å². The van der Waals surface area contributed by atoms with Crippen LogP contribution < -0.4 is 26.0 Å². The van der Waals surface area contributed by atoms with Crippen LogP contribution in [0.5, 0.6) is 11.5 Å². The highest BCUT2D eigenvalue weighted by atomic mass is 16.6. The van der Waals surface area contributed by atoms with E-state index in [9.17, 15) is 9.59 Å². The molecule has 2 aliphatic heterocycles. The lowest BCUT2D eigenvalue weighted by Crippen LogP contribution is -2.33. The van der Waals surface area contributed by atoms with E-state index >= 15 is 0 Å². The van der Waals surface area contributed by atoms with Crippen molar-refractivity contribution in [1.82, 2.24) is 14.5 Å². The van der Waals surface area contributed by atoms with Gasteiger partial charge in [0.1, 0.15) is 24.1 Å². The molecule has 2 aromatic carbocycles. The number of nitrogens with zero attached hydrogens (tertiary/aromatic N) is 3. The number of carbonyl (C=O) groups excluding carboxylic acids is 1. The number of amides is 1. The zero-order valence-electron chi connectivity index (χ0n) is 29.9. The number of aryl methyl sites for hydroxylation is 1. The molecule has 2 aliphatic rings. The molecule has 0 radical (unpaired) electrons. The lowest BCUT2D eigenvalue weighted by Gasteiger charge is -2.23. The van der Waals surface area contributed by atoms with E-state index in [0.29, 0.717) is 86.4 Å². The smallest absolute Gasteiger partial charge is 0.261 e. The van der Waals surface area contributed by atoms with Crippen LogP contribution in [0.25, 0.3) is 33.5 Å².